The second kappa shape index (κ2) is 13.7. The van der Waals surface area contributed by atoms with Crippen molar-refractivity contribution in [2.24, 2.45) is 5.92 Å². The van der Waals surface area contributed by atoms with Crippen molar-refractivity contribution in [2.45, 2.75) is 117 Å². The zero-order valence-corrected chi connectivity index (χ0v) is 20.2. The van der Waals surface area contributed by atoms with E-state index in [1.54, 1.807) is 0 Å². The van der Waals surface area contributed by atoms with Gasteiger partial charge in [-0.15, -0.1) is 0 Å². The van der Waals surface area contributed by atoms with Crippen LogP contribution in [0.3, 0.4) is 0 Å². The summed E-state index contributed by atoms with van der Waals surface area (Å²) in [4.78, 5) is 9.68. The summed E-state index contributed by atoms with van der Waals surface area (Å²) in [6.45, 7) is 4.57. The van der Waals surface area contributed by atoms with E-state index in [1.165, 1.54) is 113 Å². The summed E-state index contributed by atoms with van der Waals surface area (Å²) >= 11 is 0. The molecule has 1 atom stereocenters. The van der Waals surface area contributed by atoms with Gasteiger partial charge in [0.1, 0.15) is 0 Å². The van der Waals surface area contributed by atoms with Gasteiger partial charge in [-0.2, -0.15) is 0 Å². The lowest BCUT2D eigenvalue weighted by Crippen LogP contribution is -2.16. The van der Waals surface area contributed by atoms with E-state index in [4.69, 9.17) is 9.97 Å². The van der Waals surface area contributed by atoms with Gasteiger partial charge in [0.05, 0.1) is 0 Å². The normalized spacial score (nSPS) is 15.7. The van der Waals surface area contributed by atoms with Crippen LogP contribution in [-0.4, -0.2) is 9.97 Å². The van der Waals surface area contributed by atoms with E-state index < -0.39 is 0 Å². The molecule has 0 aliphatic heterocycles. The third-order valence-corrected chi connectivity index (χ3v) is 7.00. The maximum Gasteiger partial charge on any atom is 0.159 e. The van der Waals surface area contributed by atoms with Gasteiger partial charge < -0.3 is 0 Å². The number of unbranched alkanes of at least 4 members (excludes halogenated alkanes) is 9. The molecule has 0 saturated carbocycles. The second-order valence-corrected chi connectivity index (χ2v) is 9.69. The Morgan fingerprint density at radius 3 is 2.23 bits per heavy atom. The molecule has 1 aliphatic rings. The number of fused-ring (bicyclic) bond motifs is 1. The van der Waals surface area contributed by atoms with Crippen LogP contribution in [0.25, 0.3) is 11.4 Å². The molecule has 0 bridgehead atoms. The molecule has 170 valence electrons. The Morgan fingerprint density at radius 1 is 0.806 bits per heavy atom. The molecule has 1 aromatic heterocycles. The molecule has 2 nitrogen and oxygen atoms in total. The summed E-state index contributed by atoms with van der Waals surface area (Å²) in [5, 5.41) is 0. The predicted molar refractivity (Wildman–Crippen MR) is 133 cm³/mol. The quantitative estimate of drug-likeness (QED) is 0.286. The van der Waals surface area contributed by atoms with E-state index in [-0.39, 0.29) is 0 Å². The monoisotopic (exact) mass is 420 g/mol. The Labute approximate surface area is 191 Å². The minimum absolute atomic E-state index is 0.837. The SMILES string of the molecule is CCCCCCCCCCc1ccc(-c2ncc3c(n2)CCC(CCCCC)C3)cc1. The third-order valence-electron chi connectivity index (χ3n) is 7.00. The number of rotatable bonds is 14. The third kappa shape index (κ3) is 8.05. The molecule has 31 heavy (non-hydrogen) atoms. The minimum Gasteiger partial charge on any atom is -0.236 e. The number of aromatic nitrogens is 2. The predicted octanol–water partition coefficient (Wildman–Crippen LogP) is 8.51. The van der Waals surface area contributed by atoms with Crippen LogP contribution >= 0.6 is 0 Å². The molecule has 1 heterocycles. The Bertz CT molecular complexity index is 750. The van der Waals surface area contributed by atoms with Gasteiger partial charge in [-0.25, -0.2) is 9.97 Å². The van der Waals surface area contributed by atoms with Crippen LogP contribution in [0.5, 0.6) is 0 Å². The molecule has 2 aromatic rings. The van der Waals surface area contributed by atoms with Crippen LogP contribution in [-0.2, 0) is 19.3 Å². The van der Waals surface area contributed by atoms with Gasteiger partial charge in [0, 0.05) is 17.5 Å². The molecule has 0 amide bonds. The first kappa shape index (κ1) is 24.0. The number of hydrogen-bond donors (Lipinski definition) is 0. The molecule has 1 aromatic carbocycles. The fourth-order valence-corrected chi connectivity index (χ4v) is 4.93. The highest BCUT2D eigenvalue weighted by Crippen LogP contribution is 2.29. The van der Waals surface area contributed by atoms with Gasteiger partial charge in [-0.1, -0.05) is 109 Å². The zero-order chi connectivity index (χ0) is 21.7. The van der Waals surface area contributed by atoms with Crippen molar-refractivity contribution < 1.29 is 0 Å². The highest BCUT2D eigenvalue weighted by atomic mass is 14.9. The zero-order valence-electron chi connectivity index (χ0n) is 20.2. The van der Waals surface area contributed by atoms with Crippen LogP contribution in [0.2, 0.25) is 0 Å². The summed E-state index contributed by atoms with van der Waals surface area (Å²) < 4.78 is 0. The van der Waals surface area contributed by atoms with Crippen LogP contribution in [0.1, 0.15) is 114 Å². The van der Waals surface area contributed by atoms with Crippen molar-refractivity contribution in [3.8, 4) is 11.4 Å². The highest BCUT2D eigenvalue weighted by Gasteiger charge is 2.20. The van der Waals surface area contributed by atoms with Crippen molar-refractivity contribution in [3.63, 3.8) is 0 Å². The van der Waals surface area contributed by atoms with E-state index in [9.17, 15) is 0 Å². The summed E-state index contributed by atoms with van der Waals surface area (Å²) in [5.41, 5.74) is 5.29. The maximum atomic E-state index is 4.95. The lowest BCUT2D eigenvalue weighted by Gasteiger charge is -2.23. The van der Waals surface area contributed by atoms with Gasteiger partial charge in [0.25, 0.3) is 0 Å². The van der Waals surface area contributed by atoms with E-state index in [1.807, 2.05) is 0 Å². The summed E-state index contributed by atoms with van der Waals surface area (Å²) in [7, 11) is 0. The lowest BCUT2D eigenvalue weighted by molar-refractivity contribution is 0.404. The van der Waals surface area contributed by atoms with E-state index in [2.05, 4.69) is 44.3 Å². The Kier molecular flexibility index (Phi) is 10.6. The first-order valence-electron chi connectivity index (χ1n) is 13.2. The Hall–Kier alpha value is -1.70. The smallest absolute Gasteiger partial charge is 0.159 e. The van der Waals surface area contributed by atoms with Crippen LogP contribution in [0.15, 0.2) is 30.5 Å². The van der Waals surface area contributed by atoms with Crippen molar-refractivity contribution >= 4 is 0 Å². The maximum absolute atomic E-state index is 4.95. The summed E-state index contributed by atoms with van der Waals surface area (Å²) in [6, 6.07) is 9.00. The molecule has 0 saturated heterocycles. The topological polar surface area (TPSA) is 25.8 Å². The van der Waals surface area contributed by atoms with Crippen molar-refractivity contribution in [1.29, 1.82) is 0 Å². The van der Waals surface area contributed by atoms with Gasteiger partial charge >= 0.3 is 0 Å². The van der Waals surface area contributed by atoms with E-state index >= 15 is 0 Å². The Morgan fingerprint density at radius 2 is 1.48 bits per heavy atom. The number of hydrogen-bond acceptors (Lipinski definition) is 2. The average Bonchev–Trinajstić information content (AvgIpc) is 2.81. The molecule has 1 aliphatic carbocycles. The second-order valence-electron chi connectivity index (χ2n) is 9.69. The molecule has 3 rings (SSSR count). The van der Waals surface area contributed by atoms with Crippen molar-refractivity contribution in [2.75, 3.05) is 0 Å². The fraction of sp³-hybridized carbons (Fsp3) is 0.655. The van der Waals surface area contributed by atoms with Gasteiger partial charge in [0.2, 0.25) is 0 Å². The minimum atomic E-state index is 0.837. The molecular formula is C29H44N2. The molecule has 0 fully saturated rings. The lowest BCUT2D eigenvalue weighted by atomic mass is 9.84. The van der Waals surface area contributed by atoms with Crippen LogP contribution in [0, 0.1) is 5.92 Å². The largest absolute Gasteiger partial charge is 0.236 e. The average molecular weight is 421 g/mol. The van der Waals surface area contributed by atoms with Gasteiger partial charge in [-0.3, -0.25) is 0 Å². The standard InChI is InChI=1S/C29H44N2/c1-3-5-7-8-9-10-11-13-14-24-16-19-26(20-17-24)29-30-23-27-22-25(15-12-6-4-2)18-21-28(27)31-29/h16-17,19-20,23,25H,3-15,18,21-22H2,1-2H3. The van der Waals surface area contributed by atoms with Crippen molar-refractivity contribution in [3.05, 3.63) is 47.3 Å². The first-order valence-corrected chi connectivity index (χ1v) is 13.2. The molecular weight excluding hydrogens is 376 g/mol. The molecule has 0 N–H and O–H groups in total. The van der Waals surface area contributed by atoms with Gasteiger partial charge in [-0.05, 0) is 49.1 Å². The molecule has 0 spiro atoms. The number of aryl methyl sites for hydroxylation is 2. The first-order chi connectivity index (χ1) is 15.3. The summed E-state index contributed by atoms with van der Waals surface area (Å²) in [5.74, 6) is 1.74. The van der Waals surface area contributed by atoms with Crippen LogP contribution in [0.4, 0.5) is 0 Å². The number of benzene rings is 1. The van der Waals surface area contributed by atoms with Crippen LogP contribution < -0.4 is 0 Å². The van der Waals surface area contributed by atoms with E-state index in [0.717, 1.165) is 23.7 Å². The fourth-order valence-electron chi connectivity index (χ4n) is 4.93. The molecule has 0 radical (unpaired) electrons. The summed E-state index contributed by atoms with van der Waals surface area (Å²) in [6.07, 6.45) is 23.4. The van der Waals surface area contributed by atoms with E-state index in [0.29, 0.717) is 0 Å². The van der Waals surface area contributed by atoms with Crippen molar-refractivity contribution in [1.82, 2.24) is 9.97 Å². The highest BCUT2D eigenvalue weighted by molar-refractivity contribution is 5.55. The number of nitrogens with zero attached hydrogens (tertiary/aromatic N) is 2. The van der Waals surface area contributed by atoms with Gasteiger partial charge in [0.15, 0.2) is 5.82 Å². The molecule has 2 heteroatoms. The Balaban J connectivity index is 1.44. The molecule has 1 unspecified atom stereocenters.